The number of nitrogens with zero attached hydrogens (tertiary/aromatic N) is 2. The molecule has 8 heteroatoms. The molecular weight excluding hydrogens is 408 g/mol. The molecule has 2 atom stereocenters. The molecule has 2 saturated heterocycles. The lowest BCUT2D eigenvalue weighted by Crippen LogP contribution is -2.55. The second-order valence-corrected chi connectivity index (χ2v) is 8.76. The smallest absolute Gasteiger partial charge is 0.254 e. The minimum absolute atomic E-state index is 0.0725. The molecule has 1 aromatic rings. The number of piperidine rings is 1. The number of carbonyl (C=O) groups is 2. The SMILES string of the molecule is COC(C)(C)C(=O)N1CC[C@H](Oc2cccc(Cl)c2)[C@@H](CC(=O)N2CCOCC2)C1. The van der Waals surface area contributed by atoms with Gasteiger partial charge in [0.25, 0.3) is 5.91 Å². The highest BCUT2D eigenvalue weighted by Gasteiger charge is 2.39. The van der Waals surface area contributed by atoms with Crippen LogP contribution in [0.15, 0.2) is 24.3 Å². The minimum atomic E-state index is -0.903. The molecule has 0 N–H and O–H groups in total. The first kappa shape index (κ1) is 22.8. The van der Waals surface area contributed by atoms with Crippen molar-refractivity contribution in [3.8, 4) is 5.75 Å². The van der Waals surface area contributed by atoms with E-state index in [-0.39, 0.29) is 23.8 Å². The number of likely N-dealkylation sites (tertiary alicyclic amines) is 1. The third-order valence-corrected chi connectivity index (χ3v) is 6.10. The van der Waals surface area contributed by atoms with Crippen LogP contribution in [-0.4, -0.2) is 79.8 Å². The van der Waals surface area contributed by atoms with Crippen LogP contribution in [0.4, 0.5) is 0 Å². The predicted octanol–water partition coefficient (Wildman–Crippen LogP) is 2.61. The second-order valence-electron chi connectivity index (χ2n) is 8.33. The molecule has 0 radical (unpaired) electrons. The van der Waals surface area contributed by atoms with E-state index in [0.717, 1.165) is 0 Å². The summed E-state index contributed by atoms with van der Waals surface area (Å²) in [5, 5.41) is 0.600. The number of hydrogen-bond acceptors (Lipinski definition) is 5. The summed E-state index contributed by atoms with van der Waals surface area (Å²) < 4.78 is 17.0. The fourth-order valence-corrected chi connectivity index (χ4v) is 4.08. The molecule has 1 aromatic carbocycles. The van der Waals surface area contributed by atoms with Crippen LogP contribution < -0.4 is 4.74 Å². The van der Waals surface area contributed by atoms with Crippen molar-refractivity contribution in [2.24, 2.45) is 5.92 Å². The molecular formula is C22H31ClN2O5. The van der Waals surface area contributed by atoms with Gasteiger partial charge in [-0.15, -0.1) is 0 Å². The molecule has 3 rings (SSSR count). The van der Waals surface area contributed by atoms with Crippen LogP contribution in [0.3, 0.4) is 0 Å². The summed E-state index contributed by atoms with van der Waals surface area (Å²) in [6.07, 6.45) is 0.782. The molecule has 0 aromatic heterocycles. The molecule has 166 valence electrons. The maximum absolute atomic E-state index is 12.9. The van der Waals surface area contributed by atoms with Gasteiger partial charge in [0.1, 0.15) is 17.5 Å². The maximum atomic E-state index is 12.9. The molecule has 2 aliphatic rings. The third kappa shape index (κ3) is 5.65. The van der Waals surface area contributed by atoms with E-state index in [4.69, 9.17) is 25.8 Å². The molecule has 2 heterocycles. The van der Waals surface area contributed by atoms with Gasteiger partial charge in [-0.25, -0.2) is 0 Å². The Bertz CT molecular complexity index is 751. The standard InChI is InChI=1S/C22H31ClN2O5/c1-22(2,28-3)21(27)25-8-7-19(30-18-6-4-5-17(23)14-18)16(15-25)13-20(26)24-9-11-29-12-10-24/h4-6,14,16,19H,7-13,15H2,1-3H3/t16-,19-/m0/s1. The number of carbonyl (C=O) groups excluding carboxylic acids is 2. The zero-order chi connectivity index (χ0) is 21.7. The van der Waals surface area contributed by atoms with E-state index in [1.165, 1.54) is 7.11 Å². The van der Waals surface area contributed by atoms with Crippen LogP contribution in [0.1, 0.15) is 26.7 Å². The van der Waals surface area contributed by atoms with Crippen molar-refractivity contribution < 1.29 is 23.8 Å². The average molecular weight is 439 g/mol. The highest BCUT2D eigenvalue weighted by Crippen LogP contribution is 2.29. The number of halogens is 1. The summed E-state index contributed by atoms with van der Waals surface area (Å²) >= 11 is 6.10. The van der Waals surface area contributed by atoms with E-state index in [0.29, 0.717) is 63.0 Å². The third-order valence-electron chi connectivity index (χ3n) is 5.86. The Morgan fingerprint density at radius 3 is 2.60 bits per heavy atom. The van der Waals surface area contributed by atoms with E-state index in [2.05, 4.69) is 0 Å². The summed E-state index contributed by atoms with van der Waals surface area (Å²) in [6, 6.07) is 7.26. The van der Waals surface area contributed by atoms with E-state index >= 15 is 0 Å². The first-order valence-electron chi connectivity index (χ1n) is 10.4. The molecule has 0 aliphatic carbocycles. The molecule has 30 heavy (non-hydrogen) atoms. The molecule has 2 fully saturated rings. The van der Waals surface area contributed by atoms with Crippen molar-refractivity contribution in [2.75, 3.05) is 46.5 Å². The zero-order valence-electron chi connectivity index (χ0n) is 17.9. The van der Waals surface area contributed by atoms with E-state index in [9.17, 15) is 9.59 Å². The maximum Gasteiger partial charge on any atom is 0.254 e. The first-order chi connectivity index (χ1) is 14.3. The van der Waals surface area contributed by atoms with Gasteiger partial charge in [0, 0.05) is 57.1 Å². The first-order valence-corrected chi connectivity index (χ1v) is 10.8. The summed E-state index contributed by atoms with van der Waals surface area (Å²) in [5.41, 5.74) is -0.903. The van der Waals surface area contributed by atoms with Gasteiger partial charge >= 0.3 is 0 Å². The minimum Gasteiger partial charge on any atom is -0.490 e. The van der Waals surface area contributed by atoms with Crippen LogP contribution >= 0.6 is 11.6 Å². The van der Waals surface area contributed by atoms with Gasteiger partial charge in [0.05, 0.1) is 13.2 Å². The van der Waals surface area contributed by atoms with Crippen molar-refractivity contribution in [1.82, 2.24) is 9.80 Å². The van der Waals surface area contributed by atoms with Crippen molar-refractivity contribution in [3.63, 3.8) is 0 Å². The number of morpholine rings is 1. The van der Waals surface area contributed by atoms with E-state index in [1.807, 2.05) is 17.0 Å². The number of amides is 2. The molecule has 0 saturated carbocycles. The zero-order valence-corrected chi connectivity index (χ0v) is 18.7. The molecule has 0 bridgehead atoms. The lowest BCUT2D eigenvalue weighted by Gasteiger charge is -2.41. The molecule has 0 spiro atoms. The van der Waals surface area contributed by atoms with Gasteiger partial charge in [0.15, 0.2) is 0 Å². The summed E-state index contributed by atoms with van der Waals surface area (Å²) in [7, 11) is 1.53. The predicted molar refractivity (Wildman–Crippen MR) is 114 cm³/mol. The number of methoxy groups -OCH3 is 1. The quantitative estimate of drug-likeness (QED) is 0.683. The Kier molecular flexibility index (Phi) is 7.60. The highest BCUT2D eigenvalue weighted by atomic mass is 35.5. The van der Waals surface area contributed by atoms with Crippen LogP contribution in [0.2, 0.25) is 5.02 Å². The van der Waals surface area contributed by atoms with Gasteiger partial charge in [-0.3, -0.25) is 9.59 Å². The van der Waals surface area contributed by atoms with Gasteiger partial charge in [-0.1, -0.05) is 17.7 Å². The number of hydrogen-bond donors (Lipinski definition) is 0. The summed E-state index contributed by atoms with van der Waals surface area (Å²) in [6.45, 7) is 6.86. The molecule has 0 unspecified atom stereocenters. The normalized spacial score (nSPS) is 22.7. The lowest BCUT2D eigenvalue weighted by atomic mass is 9.89. The average Bonchev–Trinajstić information content (AvgIpc) is 2.75. The molecule has 2 aliphatic heterocycles. The van der Waals surface area contributed by atoms with E-state index in [1.54, 1.807) is 30.9 Å². The van der Waals surface area contributed by atoms with Crippen molar-refractivity contribution in [2.45, 2.75) is 38.4 Å². The Morgan fingerprint density at radius 2 is 1.93 bits per heavy atom. The number of benzene rings is 1. The van der Waals surface area contributed by atoms with Crippen molar-refractivity contribution >= 4 is 23.4 Å². The van der Waals surface area contributed by atoms with E-state index < -0.39 is 5.60 Å². The van der Waals surface area contributed by atoms with Crippen LogP contribution in [-0.2, 0) is 19.1 Å². The van der Waals surface area contributed by atoms with Crippen LogP contribution in [0.5, 0.6) is 5.75 Å². The second kappa shape index (κ2) is 9.98. The lowest BCUT2D eigenvalue weighted by molar-refractivity contribution is -0.155. The molecule has 2 amide bonds. The topological polar surface area (TPSA) is 68.3 Å². The molecule has 7 nitrogen and oxygen atoms in total. The number of ether oxygens (including phenoxy) is 3. The fraction of sp³-hybridized carbons (Fsp3) is 0.636. The van der Waals surface area contributed by atoms with Gasteiger partial charge < -0.3 is 24.0 Å². The monoisotopic (exact) mass is 438 g/mol. The largest absolute Gasteiger partial charge is 0.490 e. The summed E-state index contributed by atoms with van der Waals surface area (Å²) in [4.78, 5) is 29.5. The van der Waals surface area contributed by atoms with Gasteiger partial charge in [-0.05, 0) is 32.0 Å². The Hall–Kier alpha value is -1.83. The van der Waals surface area contributed by atoms with Crippen LogP contribution in [0, 0.1) is 5.92 Å². The Morgan fingerprint density at radius 1 is 1.20 bits per heavy atom. The van der Waals surface area contributed by atoms with Crippen LogP contribution in [0.25, 0.3) is 0 Å². The number of rotatable bonds is 6. The highest BCUT2D eigenvalue weighted by molar-refractivity contribution is 6.30. The van der Waals surface area contributed by atoms with Gasteiger partial charge in [0.2, 0.25) is 5.91 Å². The Labute approximate surface area is 183 Å². The fourth-order valence-electron chi connectivity index (χ4n) is 3.90. The van der Waals surface area contributed by atoms with Crippen molar-refractivity contribution in [3.05, 3.63) is 29.3 Å². The van der Waals surface area contributed by atoms with Crippen molar-refractivity contribution in [1.29, 1.82) is 0 Å². The Balaban J connectivity index is 1.73. The van der Waals surface area contributed by atoms with Gasteiger partial charge in [-0.2, -0.15) is 0 Å². The summed E-state index contributed by atoms with van der Waals surface area (Å²) in [5.74, 6) is 0.552.